The zero-order valence-corrected chi connectivity index (χ0v) is 16.0. The third-order valence-electron chi connectivity index (χ3n) is 3.31. The first kappa shape index (κ1) is 22.3. The molecule has 0 radical (unpaired) electrons. The standard InChI is InChI=1S/C12H10O.C7H8O3S.CH6N2/c13-12-9-5-4-8-11(12)10-6-2-1-3-7-10;1-6-2-4-7(5-3-6)11(8,9)10;1-3-2/h1-9,13H;2-5H,1H3,(H,8,9,10);3H,2H2,1H3. The molecule has 0 saturated heterocycles. The molecule has 0 aromatic heterocycles. The average Bonchev–Trinajstić information content (AvgIpc) is 2.64. The number of nitrogens with one attached hydrogen (secondary N) is 1. The Morgan fingerprint density at radius 2 is 1.33 bits per heavy atom. The summed E-state index contributed by atoms with van der Waals surface area (Å²) in [5, 5.41) is 9.56. The second kappa shape index (κ2) is 11.1. The van der Waals surface area contributed by atoms with Gasteiger partial charge >= 0.3 is 0 Å². The molecule has 3 aromatic rings. The first-order chi connectivity index (χ1) is 12.8. The van der Waals surface area contributed by atoms with E-state index in [1.165, 1.54) is 12.1 Å². The van der Waals surface area contributed by atoms with Crippen molar-refractivity contribution in [2.24, 2.45) is 5.84 Å². The molecule has 0 aliphatic rings. The maximum absolute atomic E-state index is 10.5. The van der Waals surface area contributed by atoms with Crippen molar-refractivity contribution in [2.45, 2.75) is 11.8 Å². The van der Waals surface area contributed by atoms with E-state index < -0.39 is 10.1 Å². The van der Waals surface area contributed by atoms with E-state index in [1.54, 1.807) is 25.2 Å². The second-order valence-corrected chi connectivity index (χ2v) is 6.88. The predicted molar refractivity (Wildman–Crippen MR) is 108 cm³/mol. The molecule has 3 aromatic carbocycles. The Morgan fingerprint density at radius 1 is 0.852 bits per heavy atom. The van der Waals surface area contributed by atoms with Crippen LogP contribution < -0.4 is 11.3 Å². The SMILES string of the molecule is CNN.Cc1ccc(S(=O)(=O)O)cc1.Oc1ccccc1-c1ccccc1. The highest BCUT2D eigenvalue weighted by atomic mass is 32.2. The van der Waals surface area contributed by atoms with Crippen molar-refractivity contribution in [1.29, 1.82) is 0 Å². The van der Waals surface area contributed by atoms with Gasteiger partial charge in [0.25, 0.3) is 10.1 Å². The van der Waals surface area contributed by atoms with E-state index in [-0.39, 0.29) is 4.90 Å². The van der Waals surface area contributed by atoms with Crippen molar-refractivity contribution in [2.75, 3.05) is 7.05 Å². The maximum atomic E-state index is 10.5. The molecule has 0 fully saturated rings. The lowest BCUT2D eigenvalue weighted by Gasteiger charge is -2.02. The number of hydrazine groups is 1. The quantitative estimate of drug-likeness (QED) is 0.304. The predicted octanol–water partition coefficient (Wildman–Crippen LogP) is 3.38. The molecule has 0 aliphatic heterocycles. The summed E-state index contributed by atoms with van der Waals surface area (Å²) in [6, 6.07) is 23.2. The van der Waals surface area contributed by atoms with Crippen molar-refractivity contribution in [3.05, 3.63) is 84.4 Å². The molecule has 0 heterocycles. The molecule has 0 bridgehead atoms. The summed E-state index contributed by atoms with van der Waals surface area (Å²) in [5.74, 6) is 4.92. The van der Waals surface area contributed by atoms with Crippen molar-refractivity contribution in [1.82, 2.24) is 5.43 Å². The van der Waals surface area contributed by atoms with Gasteiger partial charge < -0.3 is 5.11 Å². The highest BCUT2D eigenvalue weighted by Gasteiger charge is 2.06. The summed E-state index contributed by atoms with van der Waals surface area (Å²) >= 11 is 0. The van der Waals surface area contributed by atoms with Crippen LogP contribution in [-0.2, 0) is 10.1 Å². The van der Waals surface area contributed by atoms with Gasteiger partial charge in [0, 0.05) is 5.56 Å². The monoisotopic (exact) mass is 388 g/mol. The largest absolute Gasteiger partial charge is 0.507 e. The van der Waals surface area contributed by atoms with Gasteiger partial charge in [-0.15, -0.1) is 0 Å². The van der Waals surface area contributed by atoms with Gasteiger partial charge in [0.15, 0.2) is 0 Å². The molecule has 0 aliphatic carbocycles. The van der Waals surface area contributed by atoms with Crippen molar-refractivity contribution >= 4 is 10.1 Å². The smallest absolute Gasteiger partial charge is 0.294 e. The van der Waals surface area contributed by atoms with Crippen LogP contribution in [0.15, 0.2) is 83.8 Å². The molecular weight excluding hydrogens is 364 g/mol. The van der Waals surface area contributed by atoms with Crippen LogP contribution in [0.2, 0.25) is 0 Å². The molecule has 7 heteroatoms. The maximum Gasteiger partial charge on any atom is 0.294 e. The van der Waals surface area contributed by atoms with E-state index >= 15 is 0 Å². The van der Waals surface area contributed by atoms with Crippen LogP contribution in [0.1, 0.15) is 5.56 Å². The number of phenols is 1. The Hall–Kier alpha value is -2.71. The molecule has 144 valence electrons. The number of phenolic OH excluding ortho intramolecular Hbond substituents is 1. The topological polar surface area (TPSA) is 113 Å². The van der Waals surface area contributed by atoms with Gasteiger partial charge in [0.1, 0.15) is 5.75 Å². The van der Waals surface area contributed by atoms with E-state index in [0.717, 1.165) is 16.7 Å². The molecule has 0 spiro atoms. The minimum Gasteiger partial charge on any atom is -0.507 e. The molecule has 0 amide bonds. The van der Waals surface area contributed by atoms with Crippen LogP contribution in [0.5, 0.6) is 5.75 Å². The normalized spacial score (nSPS) is 10.1. The van der Waals surface area contributed by atoms with Crippen molar-refractivity contribution < 1.29 is 18.1 Å². The average molecular weight is 388 g/mol. The minimum absolute atomic E-state index is 0.0666. The number of rotatable bonds is 2. The highest BCUT2D eigenvalue weighted by molar-refractivity contribution is 7.85. The van der Waals surface area contributed by atoms with Gasteiger partial charge in [-0.3, -0.25) is 15.8 Å². The zero-order chi connectivity index (χ0) is 20.3. The zero-order valence-electron chi connectivity index (χ0n) is 15.2. The van der Waals surface area contributed by atoms with E-state index in [9.17, 15) is 13.5 Å². The molecule has 6 nitrogen and oxygen atoms in total. The number of nitrogens with two attached hydrogens (primary N) is 1. The lowest BCUT2D eigenvalue weighted by Crippen LogP contribution is -2.13. The third kappa shape index (κ3) is 8.02. The number of aromatic hydroxyl groups is 1. The van der Waals surface area contributed by atoms with Crippen LogP contribution >= 0.6 is 0 Å². The van der Waals surface area contributed by atoms with Gasteiger partial charge in [0.05, 0.1) is 4.90 Å². The number of para-hydroxylation sites is 1. The first-order valence-corrected chi connectivity index (χ1v) is 9.48. The van der Waals surface area contributed by atoms with Crippen LogP contribution in [0, 0.1) is 6.92 Å². The van der Waals surface area contributed by atoms with Gasteiger partial charge in [-0.05, 0) is 37.7 Å². The van der Waals surface area contributed by atoms with Crippen LogP contribution in [0.25, 0.3) is 11.1 Å². The highest BCUT2D eigenvalue weighted by Crippen LogP contribution is 2.27. The van der Waals surface area contributed by atoms with Crippen molar-refractivity contribution in [3.8, 4) is 16.9 Å². The summed E-state index contributed by atoms with van der Waals surface area (Å²) in [6.07, 6.45) is 0. The summed E-state index contributed by atoms with van der Waals surface area (Å²) in [4.78, 5) is -0.0666. The summed E-state index contributed by atoms with van der Waals surface area (Å²) < 4.78 is 29.6. The number of hydrogen-bond acceptors (Lipinski definition) is 5. The fourth-order valence-electron chi connectivity index (χ4n) is 2.05. The van der Waals surface area contributed by atoms with E-state index in [1.807, 2.05) is 55.5 Å². The molecular formula is C20H24N2O4S. The van der Waals surface area contributed by atoms with Gasteiger partial charge in [-0.1, -0.05) is 66.2 Å². The number of aryl methyl sites for hydroxylation is 1. The van der Waals surface area contributed by atoms with Gasteiger partial charge in [-0.2, -0.15) is 8.42 Å². The van der Waals surface area contributed by atoms with Crippen LogP contribution in [0.3, 0.4) is 0 Å². The van der Waals surface area contributed by atoms with Crippen LogP contribution in [0.4, 0.5) is 0 Å². The third-order valence-corrected chi connectivity index (χ3v) is 4.18. The van der Waals surface area contributed by atoms with E-state index in [2.05, 4.69) is 11.3 Å². The van der Waals surface area contributed by atoms with Crippen LogP contribution in [-0.4, -0.2) is 25.1 Å². The van der Waals surface area contributed by atoms with Gasteiger partial charge in [0.2, 0.25) is 0 Å². The van der Waals surface area contributed by atoms with E-state index in [4.69, 9.17) is 4.55 Å². The van der Waals surface area contributed by atoms with Crippen molar-refractivity contribution in [3.63, 3.8) is 0 Å². The molecule has 3 rings (SSSR count). The Morgan fingerprint density at radius 3 is 1.81 bits per heavy atom. The molecule has 0 atom stereocenters. The number of benzene rings is 3. The molecule has 27 heavy (non-hydrogen) atoms. The lowest BCUT2D eigenvalue weighted by molar-refractivity contribution is 0.477. The Balaban J connectivity index is 0.000000239. The Bertz CT molecular complexity index is 912. The first-order valence-electron chi connectivity index (χ1n) is 8.04. The Kier molecular flexibility index (Phi) is 9.18. The molecule has 0 unspecified atom stereocenters. The fourth-order valence-corrected chi connectivity index (χ4v) is 2.53. The molecule has 5 N–H and O–H groups in total. The number of hydrogen-bond donors (Lipinski definition) is 4. The lowest BCUT2D eigenvalue weighted by atomic mass is 10.1. The Labute approximate surface area is 160 Å². The fraction of sp³-hybridized carbons (Fsp3) is 0.100. The second-order valence-electron chi connectivity index (χ2n) is 5.46. The van der Waals surface area contributed by atoms with E-state index in [0.29, 0.717) is 5.75 Å². The molecule has 0 saturated carbocycles. The summed E-state index contributed by atoms with van der Waals surface area (Å²) in [5.41, 5.74) is 5.13. The van der Waals surface area contributed by atoms with Gasteiger partial charge in [-0.25, -0.2) is 0 Å². The summed E-state index contributed by atoms with van der Waals surface area (Å²) in [7, 11) is -2.37. The summed E-state index contributed by atoms with van der Waals surface area (Å²) in [6.45, 7) is 1.84. The minimum atomic E-state index is -4.02.